The van der Waals surface area contributed by atoms with E-state index in [1.54, 1.807) is 12.1 Å². The van der Waals surface area contributed by atoms with Crippen molar-refractivity contribution in [2.24, 2.45) is 5.92 Å². The highest BCUT2D eigenvalue weighted by atomic mass is 35.5. The van der Waals surface area contributed by atoms with Crippen LogP contribution in [-0.4, -0.2) is 17.9 Å². The fourth-order valence-electron chi connectivity index (χ4n) is 4.74. The number of amides is 1. The molecule has 1 N–H and O–H groups in total. The number of carbonyl (C=O) groups is 1. The average Bonchev–Trinajstić information content (AvgIpc) is 3.14. The maximum Gasteiger partial charge on any atom is 0.373 e. The van der Waals surface area contributed by atoms with Crippen molar-refractivity contribution in [3.8, 4) is 0 Å². The number of allylic oxidation sites excluding steroid dienone is 2. The number of anilines is 1. The van der Waals surface area contributed by atoms with Gasteiger partial charge < -0.3 is 5.32 Å². The first-order valence-electron chi connectivity index (χ1n) is 10.5. The Balaban J connectivity index is 0.000000858. The van der Waals surface area contributed by atoms with Crippen LogP contribution in [0, 0.1) is 18.7 Å². The number of aryl methyl sites for hydroxylation is 1. The van der Waals surface area contributed by atoms with Gasteiger partial charge in [-0.05, 0) is 72.6 Å². The minimum atomic E-state index is -0.290. The summed E-state index contributed by atoms with van der Waals surface area (Å²) in [6.45, 7) is 2.10. The van der Waals surface area contributed by atoms with E-state index in [-0.39, 0.29) is 23.8 Å². The summed E-state index contributed by atoms with van der Waals surface area (Å²) in [6.07, 6.45) is 7.13. The summed E-state index contributed by atoms with van der Waals surface area (Å²) in [5.74, 6) is -0.195. The van der Waals surface area contributed by atoms with Crippen LogP contribution in [0.1, 0.15) is 54.4 Å². The number of fused-ring (bicyclic) bond motifs is 1. The highest BCUT2D eigenvalue weighted by Gasteiger charge is 2.30. The van der Waals surface area contributed by atoms with Crippen LogP contribution in [0.25, 0.3) is 11.1 Å². The second-order valence-electron chi connectivity index (χ2n) is 8.02. The number of carbonyl (C=O) groups excluding carboxylic acids is 3. The number of nitrogens with one attached hydrogen (secondary N) is 1. The molecule has 1 amide bonds. The summed E-state index contributed by atoms with van der Waals surface area (Å²) in [5.41, 5.74) is 7.75. The molecule has 0 aromatic heterocycles. The van der Waals surface area contributed by atoms with Crippen molar-refractivity contribution in [1.29, 1.82) is 0 Å². The van der Waals surface area contributed by atoms with E-state index in [0.29, 0.717) is 11.6 Å². The molecule has 2 aromatic rings. The molecule has 4 nitrogen and oxygen atoms in total. The molecule has 0 atom stereocenters. The van der Waals surface area contributed by atoms with Gasteiger partial charge in [-0.2, -0.15) is 9.59 Å². The molecule has 2 aliphatic rings. The van der Waals surface area contributed by atoms with Gasteiger partial charge in [0.05, 0.1) is 0 Å². The second kappa shape index (κ2) is 10.5. The standard InChI is InChI=1S/C24H25ClFNO.CO2/c1-15-7-9-19-17(11-15)12-21(24(19)16-5-3-2-4-6-16)20-13-18(26)8-10-22(20)27-23(28)14-25;2-1-3/h7-11,13,16H,2-6,12,14H2,1H3,(H,27,28);. The second-order valence-corrected chi connectivity index (χ2v) is 8.29. The van der Waals surface area contributed by atoms with Crippen LogP contribution in [0.3, 0.4) is 0 Å². The Morgan fingerprint density at radius 2 is 1.81 bits per heavy atom. The molecule has 2 aliphatic carbocycles. The molecule has 1 saturated carbocycles. The predicted molar refractivity (Wildman–Crippen MR) is 119 cm³/mol. The van der Waals surface area contributed by atoms with Crippen LogP contribution in [0.4, 0.5) is 10.1 Å². The lowest BCUT2D eigenvalue weighted by atomic mass is 9.79. The Kier molecular flexibility index (Phi) is 7.78. The maximum absolute atomic E-state index is 14.2. The molecule has 4 rings (SSSR count). The van der Waals surface area contributed by atoms with Crippen molar-refractivity contribution in [3.63, 3.8) is 0 Å². The van der Waals surface area contributed by atoms with E-state index in [1.165, 1.54) is 60.4 Å². The van der Waals surface area contributed by atoms with Gasteiger partial charge in [-0.25, -0.2) is 4.39 Å². The van der Waals surface area contributed by atoms with Crippen LogP contribution < -0.4 is 5.32 Å². The number of hydrogen-bond donors (Lipinski definition) is 1. The largest absolute Gasteiger partial charge is 0.373 e. The lowest BCUT2D eigenvalue weighted by Crippen LogP contribution is -2.14. The molecule has 162 valence electrons. The number of rotatable bonds is 4. The lowest BCUT2D eigenvalue weighted by molar-refractivity contribution is -0.191. The lowest BCUT2D eigenvalue weighted by Gasteiger charge is -2.26. The van der Waals surface area contributed by atoms with Crippen LogP contribution in [0.15, 0.2) is 36.4 Å². The van der Waals surface area contributed by atoms with Gasteiger partial charge in [-0.3, -0.25) is 4.79 Å². The van der Waals surface area contributed by atoms with Crippen molar-refractivity contribution >= 4 is 40.5 Å². The van der Waals surface area contributed by atoms with Gasteiger partial charge in [0.25, 0.3) is 0 Å². The molecule has 0 saturated heterocycles. The fourth-order valence-corrected chi connectivity index (χ4v) is 4.80. The molecule has 0 spiro atoms. The quantitative estimate of drug-likeness (QED) is 0.612. The first-order chi connectivity index (χ1) is 15.0. The summed E-state index contributed by atoms with van der Waals surface area (Å²) < 4.78 is 14.2. The summed E-state index contributed by atoms with van der Waals surface area (Å²) >= 11 is 5.69. The minimum Gasteiger partial charge on any atom is -0.324 e. The monoisotopic (exact) mass is 441 g/mol. The Hall–Kier alpha value is -2.75. The molecule has 0 heterocycles. The number of benzene rings is 2. The SMILES string of the molecule is Cc1ccc2c(c1)CC(c1cc(F)ccc1NC(=O)CCl)=C2C1CCCCC1.O=C=O. The molecular formula is C25H25ClFNO3. The molecule has 1 fully saturated rings. The summed E-state index contributed by atoms with van der Waals surface area (Å²) in [4.78, 5) is 28.2. The Morgan fingerprint density at radius 1 is 1.10 bits per heavy atom. The number of alkyl halides is 1. The molecule has 0 aliphatic heterocycles. The van der Waals surface area contributed by atoms with E-state index in [2.05, 4.69) is 30.4 Å². The van der Waals surface area contributed by atoms with Crippen LogP contribution in [0.2, 0.25) is 0 Å². The molecule has 31 heavy (non-hydrogen) atoms. The Labute approximate surface area is 186 Å². The normalized spacial score (nSPS) is 15.6. The average molecular weight is 442 g/mol. The van der Waals surface area contributed by atoms with Gasteiger partial charge >= 0.3 is 6.15 Å². The molecular weight excluding hydrogens is 417 g/mol. The first-order valence-corrected chi connectivity index (χ1v) is 11.0. The highest BCUT2D eigenvalue weighted by Crippen LogP contribution is 2.48. The molecule has 6 heteroatoms. The highest BCUT2D eigenvalue weighted by molar-refractivity contribution is 6.29. The topological polar surface area (TPSA) is 63.2 Å². The van der Waals surface area contributed by atoms with Crippen molar-refractivity contribution in [3.05, 3.63) is 64.5 Å². The van der Waals surface area contributed by atoms with E-state index in [4.69, 9.17) is 21.2 Å². The van der Waals surface area contributed by atoms with E-state index in [1.807, 2.05) is 0 Å². The van der Waals surface area contributed by atoms with Gasteiger partial charge in [0.1, 0.15) is 11.7 Å². The van der Waals surface area contributed by atoms with E-state index in [0.717, 1.165) is 17.6 Å². The molecule has 0 radical (unpaired) electrons. The van der Waals surface area contributed by atoms with Crippen molar-refractivity contribution in [2.45, 2.75) is 45.4 Å². The maximum atomic E-state index is 14.2. The third-order valence-corrected chi connectivity index (χ3v) is 6.20. The van der Waals surface area contributed by atoms with E-state index < -0.39 is 0 Å². The molecule has 0 unspecified atom stereocenters. The zero-order valence-electron chi connectivity index (χ0n) is 17.5. The van der Waals surface area contributed by atoms with Crippen LogP contribution in [-0.2, 0) is 20.8 Å². The predicted octanol–water partition coefficient (Wildman–Crippen LogP) is 5.78. The third kappa shape index (κ3) is 5.30. The minimum absolute atomic E-state index is 0.120. The van der Waals surface area contributed by atoms with E-state index in [9.17, 15) is 9.18 Å². The molecule has 2 aromatic carbocycles. The molecule has 0 bridgehead atoms. The smallest absolute Gasteiger partial charge is 0.324 e. The van der Waals surface area contributed by atoms with Gasteiger partial charge in [0, 0.05) is 11.3 Å². The third-order valence-electron chi connectivity index (χ3n) is 5.96. The summed E-state index contributed by atoms with van der Waals surface area (Å²) in [7, 11) is 0. The van der Waals surface area contributed by atoms with E-state index >= 15 is 0 Å². The summed E-state index contributed by atoms with van der Waals surface area (Å²) in [6, 6.07) is 11.2. The van der Waals surface area contributed by atoms with Gasteiger partial charge in [-0.1, -0.05) is 43.0 Å². The van der Waals surface area contributed by atoms with Crippen molar-refractivity contribution in [1.82, 2.24) is 0 Å². The fraction of sp³-hybridized carbons (Fsp3) is 0.360. The number of halogens is 2. The Morgan fingerprint density at radius 3 is 2.48 bits per heavy atom. The van der Waals surface area contributed by atoms with Crippen LogP contribution in [0.5, 0.6) is 0 Å². The van der Waals surface area contributed by atoms with Crippen molar-refractivity contribution in [2.75, 3.05) is 11.2 Å². The van der Waals surface area contributed by atoms with Crippen LogP contribution >= 0.6 is 11.6 Å². The zero-order chi connectivity index (χ0) is 22.4. The Bertz CT molecular complexity index is 1040. The zero-order valence-corrected chi connectivity index (χ0v) is 18.2. The summed E-state index contributed by atoms with van der Waals surface area (Å²) in [5, 5.41) is 2.85. The first kappa shape index (κ1) is 22.9. The van der Waals surface area contributed by atoms with Crippen molar-refractivity contribution < 1.29 is 18.8 Å². The van der Waals surface area contributed by atoms with Gasteiger partial charge in [0.2, 0.25) is 5.91 Å². The number of hydrogen-bond acceptors (Lipinski definition) is 3. The van der Waals surface area contributed by atoms with Gasteiger partial charge in [0.15, 0.2) is 0 Å². The van der Waals surface area contributed by atoms with Gasteiger partial charge in [-0.15, -0.1) is 11.6 Å².